The van der Waals surface area contributed by atoms with Gasteiger partial charge in [0.1, 0.15) is 11.1 Å². The summed E-state index contributed by atoms with van der Waals surface area (Å²) in [5.41, 5.74) is 1.98. The second-order valence-corrected chi connectivity index (χ2v) is 9.19. The van der Waals surface area contributed by atoms with Crippen LogP contribution in [0, 0.1) is 0 Å². The molecule has 3 rings (SSSR count). The summed E-state index contributed by atoms with van der Waals surface area (Å²) in [4.78, 5) is 22.2. The van der Waals surface area contributed by atoms with Crippen molar-refractivity contribution in [2.24, 2.45) is 0 Å². The van der Waals surface area contributed by atoms with Gasteiger partial charge < -0.3 is 9.88 Å². The molecule has 0 aliphatic carbocycles. The number of fused-ring (bicyclic) bond motifs is 1. The Morgan fingerprint density at radius 3 is 2.64 bits per heavy atom. The highest BCUT2D eigenvalue weighted by molar-refractivity contribution is 7.92. The summed E-state index contributed by atoms with van der Waals surface area (Å²) in [6.45, 7) is 4.48. The highest BCUT2D eigenvalue weighted by Gasteiger charge is 2.33. The first-order chi connectivity index (χ1) is 11.9. The summed E-state index contributed by atoms with van der Waals surface area (Å²) in [5, 5.41) is -0.949. The Hall–Kier alpha value is -1.89. The van der Waals surface area contributed by atoms with Crippen LogP contribution < -0.4 is 0 Å². The quantitative estimate of drug-likeness (QED) is 0.885. The maximum atomic E-state index is 12.5. The van der Waals surface area contributed by atoms with Gasteiger partial charge in [-0.2, -0.15) is 0 Å². The van der Waals surface area contributed by atoms with Gasteiger partial charge in [-0.25, -0.2) is 13.4 Å². The molecule has 1 unspecified atom stereocenters. The van der Waals surface area contributed by atoms with E-state index in [0.717, 1.165) is 29.7 Å². The standard InChI is InChI=1S/C18H25N3O3S/c1-3-12-25(23,24)13(2)18(22)21-10-8-14(9-11-21)17-19-15-6-4-5-7-16(15)20-17/h4-7,13-14H,3,8-12H2,1-2H3,(H,19,20). The Balaban J connectivity index is 1.64. The number of rotatable bonds is 5. The van der Waals surface area contributed by atoms with Crippen LogP contribution in [0.3, 0.4) is 0 Å². The van der Waals surface area contributed by atoms with Gasteiger partial charge in [0.05, 0.1) is 16.8 Å². The number of aromatic nitrogens is 2. The van der Waals surface area contributed by atoms with Crippen LogP contribution >= 0.6 is 0 Å². The van der Waals surface area contributed by atoms with Crippen LogP contribution in [0.1, 0.15) is 44.9 Å². The molecule has 0 spiro atoms. The molecule has 1 atom stereocenters. The van der Waals surface area contributed by atoms with E-state index in [4.69, 9.17) is 0 Å². The molecule has 0 radical (unpaired) electrons. The van der Waals surface area contributed by atoms with Gasteiger partial charge in [-0.05, 0) is 38.3 Å². The van der Waals surface area contributed by atoms with Crippen molar-refractivity contribution in [1.29, 1.82) is 0 Å². The van der Waals surface area contributed by atoms with Gasteiger partial charge in [-0.1, -0.05) is 19.1 Å². The van der Waals surface area contributed by atoms with Gasteiger partial charge in [0.25, 0.3) is 0 Å². The average Bonchev–Trinajstić information content (AvgIpc) is 3.04. The number of aromatic amines is 1. The Labute approximate surface area is 148 Å². The number of piperidine rings is 1. The van der Waals surface area contributed by atoms with E-state index in [1.807, 2.05) is 31.2 Å². The van der Waals surface area contributed by atoms with Crippen LogP contribution in [-0.4, -0.2) is 53.3 Å². The number of amides is 1. The van der Waals surface area contributed by atoms with E-state index in [1.165, 1.54) is 6.92 Å². The van der Waals surface area contributed by atoms with Crippen LogP contribution in [0.2, 0.25) is 0 Å². The number of carbonyl (C=O) groups excluding carboxylic acids is 1. The molecule has 136 valence electrons. The molecule has 25 heavy (non-hydrogen) atoms. The highest BCUT2D eigenvalue weighted by atomic mass is 32.2. The third-order valence-corrected chi connectivity index (χ3v) is 7.23. The summed E-state index contributed by atoms with van der Waals surface area (Å²) in [6.07, 6.45) is 2.13. The number of benzene rings is 1. The minimum absolute atomic E-state index is 0.0648. The normalized spacial score (nSPS) is 17.8. The van der Waals surface area contributed by atoms with Crippen molar-refractivity contribution >= 4 is 26.8 Å². The van der Waals surface area contributed by atoms with Crippen molar-refractivity contribution in [3.8, 4) is 0 Å². The first-order valence-corrected chi connectivity index (χ1v) is 10.6. The Morgan fingerprint density at radius 2 is 2.00 bits per heavy atom. The average molecular weight is 363 g/mol. The molecule has 0 saturated carbocycles. The van der Waals surface area contributed by atoms with E-state index < -0.39 is 15.1 Å². The van der Waals surface area contributed by atoms with Crippen LogP contribution in [-0.2, 0) is 14.6 Å². The molecule has 1 aliphatic heterocycles. The zero-order valence-corrected chi connectivity index (χ0v) is 15.6. The maximum Gasteiger partial charge on any atom is 0.240 e. The van der Waals surface area contributed by atoms with Gasteiger partial charge in [-0.3, -0.25) is 4.79 Å². The molecule has 0 bridgehead atoms. The second-order valence-electron chi connectivity index (χ2n) is 6.75. The van der Waals surface area contributed by atoms with Crippen LogP contribution in [0.4, 0.5) is 0 Å². The largest absolute Gasteiger partial charge is 0.342 e. The van der Waals surface area contributed by atoms with E-state index in [-0.39, 0.29) is 17.6 Å². The first-order valence-electron chi connectivity index (χ1n) is 8.87. The number of nitrogens with one attached hydrogen (secondary N) is 1. The fraction of sp³-hybridized carbons (Fsp3) is 0.556. The molecule has 1 amide bonds. The molecule has 7 heteroatoms. The number of hydrogen-bond donors (Lipinski definition) is 1. The van der Waals surface area contributed by atoms with E-state index in [0.29, 0.717) is 19.5 Å². The third kappa shape index (κ3) is 3.71. The van der Waals surface area contributed by atoms with Gasteiger partial charge in [0.15, 0.2) is 9.84 Å². The van der Waals surface area contributed by atoms with Gasteiger partial charge in [0, 0.05) is 19.0 Å². The monoisotopic (exact) mass is 363 g/mol. The number of imidazole rings is 1. The fourth-order valence-electron chi connectivity index (χ4n) is 3.41. The number of likely N-dealkylation sites (tertiary alicyclic amines) is 1. The number of nitrogens with zero attached hydrogens (tertiary/aromatic N) is 2. The Kier molecular flexibility index (Phi) is 5.13. The molecule has 6 nitrogen and oxygen atoms in total. The first kappa shape index (κ1) is 17.9. The number of sulfone groups is 1. The predicted molar refractivity (Wildman–Crippen MR) is 98.2 cm³/mol. The third-order valence-electron chi connectivity index (χ3n) is 4.98. The van der Waals surface area contributed by atoms with Crippen molar-refractivity contribution in [1.82, 2.24) is 14.9 Å². The molecule has 1 aromatic carbocycles. The lowest BCUT2D eigenvalue weighted by atomic mass is 9.96. The number of carbonyl (C=O) groups is 1. The lowest BCUT2D eigenvalue weighted by Gasteiger charge is -2.32. The zero-order valence-electron chi connectivity index (χ0n) is 14.7. The molecule has 1 aliphatic rings. The van der Waals surface area contributed by atoms with Crippen LogP contribution in [0.15, 0.2) is 24.3 Å². The van der Waals surface area contributed by atoms with Gasteiger partial charge in [0.2, 0.25) is 5.91 Å². The molecule has 2 heterocycles. The SMILES string of the molecule is CCCS(=O)(=O)C(C)C(=O)N1CCC(c2nc3ccccc3[nH]2)CC1. The van der Waals surface area contributed by atoms with E-state index in [1.54, 1.807) is 4.90 Å². The summed E-state index contributed by atoms with van der Waals surface area (Å²) in [5.74, 6) is 1.03. The number of hydrogen-bond acceptors (Lipinski definition) is 4. The summed E-state index contributed by atoms with van der Waals surface area (Å²) < 4.78 is 24.3. The predicted octanol–water partition coefficient (Wildman–Crippen LogP) is 2.48. The molecule has 2 aromatic rings. The summed E-state index contributed by atoms with van der Waals surface area (Å²) >= 11 is 0. The maximum absolute atomic E-state index is 12.5. The lowest BCUT2D eigenvalue weighted by Crippen LogP contribution is -2.45. The second kappa shape index (κ2) is 7.15. The number of para-hydroxylation sites is 2. The smallest absolute Gasteiger partial charge is 0.240 e. The van der Waals surface area contributed by atoms with E-state index in [9.17, 15) is 13.2 Å². The van der Waals surface area contributed by atoms with Crippen molar-refractivity contribution in [3.63, 3.8) is 0 Å². The Bertz CT molecular complexity index is 818. The highest BCUT2D eigenvalue weighted by Crippen LogP contribution is 2.28. The summed E-state index contributed by atoms with van der Waals surface area (Å²) in [7, 11) is -3.35. The Morgan fingerprint density at radius 1 is 1.32 bits per heavy atom. The van der Waals surface area contributed by atoms with Crippen LogP contribution in [0.25, 0.3) is 11.0 Å². The van der Waals surface area contributed by atoms with Crippen molar-refractivity contribution in [3.05, 3.63) is 30.1 Å². The lowest BCUT2D eigenvalue weighted by molar-refractivity contribution is -0.131. The number of H-pyrrole nitrogens is 1. The fourth-order valence-corrected chi connectivity index (χ4v) is 4.79. The van der Waals surface area contributed by atoms with Crippen LogP contribution in [0.5, 0.6) is 0 Å². The van der Waals surface area contributed by atoms with Crippen molar-refractivity contribution < 1.29 is 13.2 Å². The minimum atomic E-state index is -3.35. The van der Waals surface area contributed by atoms with Crippen molar-refractivity contribution in [2.75, 3.05) is 18.8 Å². The van der Waals surface area contributed by atoms with Gasteiger partial charge in [-0.15, -0.1) is 0 Å². The minimum Gasteiger partial charge on any atom is -0.342 e. The molecular weight excluding hydrogens is 338 g/mol. The molecule has 1 N–H and O–H groups in total. The molecule has 1 aromatic heterocycles. The van der Waals surface area contributed by atoms with Crippen molar-refractivity contribution in [2.45, 2.75) is 44.3 Å². The topological polar surface area (TPSA) is 83.1 Å². The zero-order chi connectivity index (χ0) is 18.0. The molecular formula is C18H25N3O3S. The van der Waals surface area contributed by atoms with Gasteiger partial charge >= 0.3 is 0 Å². The van der Waals surface area contributed by atoms with E-state index >= 15 is 0 Å². The molecule has 1 saturated heterocycles. The summed E-state index contributed by atoms with van der Waals surface area (Å²) in [6, 6.07) is 7.93. The molecule has 1 fully saturated rings. The van der Waals surface area contributed by atoms with E-state index in [2.05, 4.69) is 9.97 Å².